The second-order valence-corrected chi connectivity index (χ2v) is 5.58. The van der Waals surface area contributed by atoms with Gasteiger partial charge in [0.25, 0.3) is 0 Å². The number of rotatable bonds is 1. The molecule has 0 aliphatic heterocycles. The number of hydrogen-bond donors (Lipinski definition) is 1. The molecule has 0 unspecified atom stereocenters. The summed E-state index contributed by atoms with van der Waals surface area (Å²) >= 11 is 7.17. The number of halogens is 2. The van der Waals surface area contributed by atoms with Crippen molar-refractivity contribution in [1.29, 1.82) is 0 Å². The SMILES string of the molecule is Brc1cccc(-c2[nH]c3ccccc3c2Br)c1. The molecule has 0 radical (unpaired) electrons. The molecule has 1 heterocycles. The Hall–Kier alpha value is -1.06. The standard InChI is InChI=1S/C14H9Br2N/c15-10-5-3-4-9(8-10)14-13(16)11-6-1-2-7-12(11)17-14/h1-8,17H. The lowest BCUT2D eigenvalue weighted by atomic mass is 10.1. The third kappa shape index (κ3) is 1.94. The summed E-state index contributed by atoms with van der Waals surface area (Å²) in [6.07, 6.45) is 0. The molecule has 84 valence electrons. The summed E-state index contributed by atoms with van der Waals surface area (Å²) in [6, 6.07) is 16.5. The summed E-state index contributed by atoms with van der Waals surface area (Å²) in [5.41, 5.74) is 3.43. The van der Waals surface area contributed by atoms with E-state index in [0.717, 1.165) is 20.2 Å². The minimum atomic E-state index is 1.08. The predicted molar refractivity (Wildman–Crippen MR) is 79.1 cm³/mol. The van der Waals surface area contributed by atoms with Gasteiger partial charge >= 0.3 is 0 Å². The first-order valence-electron chi connectivity index (χ1n) is 5.28. The van der Waals surface area contributed by atoms with Crippen molar-refractivity contribution in [2.45, 2.75) is 0 Å². The molecular weight excluding hydrogens is 342 g/mol. The van der Waals surface area contributed by atoms with Crippen molar-refractivity contribution in [3.63, 3.8) is 0 Å². The lowest BCUT2D eigenvalue weighted by molar-refractivity contribution is 1.44. The van der Waals surface area contributed by atoms with E-state index in [1.165, 1.54) is 10.9 Å². The average molecular weight is 351 g/mol. The Balaban J connectivity index is 2.27. The molecule has 0 aliphatic rings. The zero-order valence-electron chi connectivity index (χ0n) is 8.87. The summed E-state index contributed by atoms with van der Waals surface area (Å²) in [5.74, 6) is 0. The molecule has 0 spiro atoms. The molecule has 2 aromatic carbocycles. The number of aromatic amines is 1. The zero-order valence-corrected chi connectivity index (χ0v) is 12.0. The normalized spacial score (nSPS) is 10.9. The lowest BCUT2D eigenvalue weighted by Gasteiger charge is -2.00. The molecule has 1 nitrogen and oxygen atoms in total. The molecule has 3 aromatic rings. The highest BCUT2D eigenvalue weighted by Crippen LogP contribution is 2.35. The van der Waals surface area contributed by atoms with Gasteiger partial charge in [0.15, 0.2) is 0 Å². The van der Waals surface area contributed by atoms with Crippen molar-refractivity contribution in [2.24, 2.45) is 0 Å². The van der Waals surface area contributed by atoms with Gasteiger partial charge in [-0.05, 0) is 34.1 Å². The zero-order chi connectivity index (χ0) is 11.8. The fraction of sp³-hybridized carbons (Fsp3) is 0. The van der Waals surface area contributed by atoms with Crippen LogP contribution in [0.15, 0.2) is 57.5 Å². The summed E-state index contributed by atoms with van der Waals surface area (Å²) < 4.78 is 2.20. The van der Waals surface area contributed by atoms with Crippen LogP contribution in [0.25, 0.3) is 22.2 Å². The molecule has 3 heteroatoms. The van der Waals surface area contributed by atoms with Crippen LogP contribution in [0.4, 0.5) is 0 Å². The van der Waals surface area contributed by atoms with E-state index in [1.807, 2.05) is 24.3 Å². The van der Waals surface area contributed by atoms with Gasteiger partial charge in [0.2, 0.25) is 0 Å². The Morgan fingerprint density at radius 1 is 0.882 bits per heavy atom. The highest BCUT2D eigenvalue weighted by Gasteiger charge is 2.10. The maximum absolute atomic E-state index is 3.67. The van der Waals surface area contributed by atoms with Crippen LogP contribution in [0.2, 0.25) is 0 Å². The summed E-state index contributed by atoms with van der Waals surface area (Å²) in [7, 11) is 0. The Morgan fingerprint density at radius 3 is 2.47 bits per heavy atom. The Bertz CT molecular complexity index is 686. The van der Waals surface area contributed by atoms with Crippen LogP contribution in [0, 0.1) is 0 Å². The minimum Gasteiger partial charge on any atom is -0.354 e. The fourth-order valence-corrected chi connectivity index (χ4v) is 3.02. The van der Waals surface area contributed by atoms with Gasteiger partial charge < -0.3 is 4.98 Å². The van der Waals surface area contributed by atoms with Crippen molar-refractivity contribution in [3.05, 3.63) is 57.5 Å². The molecule has 0 amide bonds. The maximum Gasteiger partial charge on any atom is 0.0609 e. The molecule has 0 bridgehead atoms. The van der Waals surface area contributed by atoms with E-state index in [4.69, 9.17) is 0 Å². The number of para-hydroxylation sites is 1. The van der Waals surface area contributed by atoms with Crippen LogP contribution < -0.4 is 0 Å². The number of H-pyrrole nitrogens is 1. The van der Waals surface area contributed by atoms with E-state index in [1.54, 1.807) is 0 Å². The van der Waals surface area contributed by atoms with E-state index < -0.39 is 0 Å². The van der Waals surface area contributed by atoms with Gasteiger partial charge in [-0.3, -0.25) is 0 Å². The maximum atomic E-state index is 3.67. The first-order chi connectivity index (χ1) is 8.25. The van der Waals surface area contributed by atoms with Crippen LogP contribution >= 0.6 is 31.9 Å². The highest BCUT2D eigenvalue weighted by molar-refractivity contribution is 9.11. The fourth-order valence-electron chi connectivity index (χ4n) is 1.95. The summed E-state index contributed by atoms with van der Waals surface area (Å²) in [6.45, 7) is 0. The van der Waals surface area contributed by atoms with Gasteiger partial charge in [-0.2, -0.15) is 0 Å². The topological polar surface area (TPSA) is 15.8 Å². The molecule has 0 saturated carbocycles. The smallest absolute Gasteiger partial charge is 0.0609 e. The van der Waals surface area contributed by atoms with E-state index in [-0.39, 0.29) is 0 Å². The van der Waals surface area contributed by atoms with E-state index in [2.05, 4.69) is 61.1 Å². The molecule has 1 N–H and O–H groups in total. The quantitative estimate of drug-likeness (QED) is 0.608. The van der Waals surface area contributed by atoms with Crippen LogP contribution in [-0.2, 0) is 0 Å². The summed E-state index contributed by atoms with van der Waals surface area (Å²) in [4.78, 5) is 3.44. The largest absolute Gasteiger partial charge is 0.354 e. The second kappa shape index (κ2) is 4.31. The third-order valence-electron chi connectivity index (χ3n) is 2.76. The highest BCUT2D eigenvalue weighted by atomic mass is 79.9. The lowest BCUT2D eigenvalue weighted by Crippen LogP contribution is -1.77. The number of fused-ring (bicyclic) bond motifs is 1. The van der Waals surface area contributed by atoms with Crippen LogP contribution in [-0.4, -0.2) is 4.98 Å². The van der Waals surface area contributed by atoms with Gasteiger partial charge in [0, 0.05) is 20.9 Å². The number of hydrogen-bond acceptors (Lipinski definition) is 0. The molecule has 0 saturated heterocycles. The van der Waals surface area contributed by atoms with Crippen molar-refractivity contribution >= 4 is 42.8 Å². The van der Waals surface area contributed by atoms with Crippen LogP contribution in [0.1, 0.15) is 0 Å². The molecule has 0 atom stereocenters. The number of nitrogens with one attached hydrogen (secondary N) is 1. The van der Waals surface area contributed by atoms with Gasteiger partial charge in [-0.1, -0.05) is 46.3 Å². The third-order valence-corrected chi connectivity index (χ3v) is 4.07. The molecule has 0 fully saturated rings. The Labute approximate surface area is 116 Å². The van der Waals surface area contributed by atoms with Crippen molar-refractivity contribution < 1.29 is 0 Å². The van der Waals surface area contributed by atoms with Crippen molar-refractivity contribution in [1.82, 2.24) is 4.98 Å². The van der Waals surface area contributed by atoms with Gasteiger partial charge in [0.1, 0.15) is 0 Å². The monoisotopic (exact) mass is 349 g/mol. The summed E-state index contributed by atoms with van der Waals surface area (Å²) in [5, 5.41) is 1.21. The van der Waals surface area contributed by atoms with E-state index >= 15 is 0 Å². The second-order valence-electron chi connectivity index (χ2n) is 3.87. The van der Waals surface area contributed by atoms with Crippen LogP contribution in [0.3, 0.4) is 0 Å². The van der Waals surface area contributed by atoms with Gasteiger partial charge in [0.05, 0.1) is 10.2 Å². The average Bonchev–Trinajstić information content (AvgIpc) is 2.68. The number of aromatic nitrogens is 1. The van der Waals surface area contributed by atoms with Crippen molar-refractivity contribution in [2.75, 3.05) is 0 Å². The van der Waals surface area contributed by atoms with E-state index in [0.29, 0.717) is 0 Å². The molecule has 3 rings (SSSR count). The van der Waals surface area contributed by atoms with Gasteiger partial charge in [-0.25, -0.2) is 0 Å². The number of benzene rings is 2. The molecule has 1 aromatic heterocycles. The molecule has 17 heavy (non-hydrogen) atoms. The first-order valence-corrected chi connectivity index (χ1v) is 6.86. The predicted octanol–water partition coefficient (Wildman–Crippen LogP) is 5.36. The molecular formula is C14H9Br2N. The first kappa shape index (κ1) is 11.1. The van der Waals surface area contributed by atoms with E-state index in [9.17, 15) is 0 Å². The Morgan fingerprint density at radius 2 is 1.71 bits per heavy atom. The Kier molecular flexibility index (Phi) is 2.81. The minimum absolute atomic E-state index is 1.08. The van der Waals surface area contributed by atoms with Crippen molar-refractivity contribution in [3.8, 4) is 11.3 Å². The van der Waals surface area contributed by atoms with Crippen LogP contribution in [0.5, 0.6) is 0 Å². The molecule has 0 aliphatic carbocycles. The van der Waals surface area contributed by atoms with Gasteiger partial charge in [-0.15, -0.1) is 0 Å².